The summed E-state index contributed by atoms with van der Waals surface area (Å²) in [6, 6.07) is 5.48. The molecule has 0 saturated heterocycles. The van der Waals surface area contributed by atoms with Crippen molar-refractivity contribution in [2.24, 2.45) is 0 Å². The monoisotopic (exact) mass is 281 g/mol. The van der Waals surface area contributed by atoms with E-state index in [4.69, 9.17) is 4.74 Å². The average molecular weight is 282 g/mol. The van der Waals surface area contributed by atoms with E-state index in [-0.39, 0.29) is 0 Å². The number of fused-ring (bicyclic) bond motifs is 1. The van der Waals surface area contributed by atoms with E-state index < -0.39 is 0 Å². The molecule has 0 aliphatic rings. The molecule has 0 aliphatic heterocycles. The Balaban J connectivity index is 2.84. The Morgan fingerprint density at radius 2 is 2.19 bits per heavy atom. The zero-order valence-corrected chi connectivity index (χ0v) is 10.7. The van der Waals surface area contributed by atoms with Gasteiger partial charge in [0.15, 0.2) is 6.20 Å². The van der Waals surface area contributed by atoms with Gasteiger partial charge in [0.2, 0.25) is 5.52 Å². The predicted molar refractivity (Wildman–Crippen MR) is 66.8 cm³/mol. The van der Waals surface area contributed by atoms with Crippen molar-refractivity contribution in [3.8, 4) is 5.75 Å². The molecule has 0 N–H and O–H groups in total. The van der Waals surface area contributed by atoms with Crippen LogP contribution in [0.2, 0.25) is 0 Å². The number of pyridine rings is 1. The van der Waals surface area contributed by atoms with Gasteiger partial charge in [-0.15, -0.1) is 0 Å². The summed E-state index contributed by atoms with van der Waals surface area (Å²) in [5.41, 5.74) is 2.77. The van der Waals surface area contributed by atoms with Crippen LogP contribution in [0, 0.1) is 12.1 Å². The lowest BCUT2D eigenvalue weighted by molar-refractivity contribution is -0.577. The van der Waals surface area contributed by atoms with E-state index >= 15 is 0 Å². The number of halogens is 1. The Labute approximate surface area is 102 Å². The molecule has 0 saturated carbocycles. The molecule has 0 radical (unpaired) electrons. The standard InChI is InChI=1S/C12H12BrNO2/c1-8-7-14(15)12-4-3-9(16-2)5-10(12)11(8)6-13/h3-5,7H,6H2,1-2H3. The van der Waals surface area contributed by atoms with Crippen LogP contribution in [-0.4, -0.2) is 7.11 Å². The number of alkyl halides is 1. The van der Waals surface area contributed by atoms with Crippen molar-refractivity contribution in [3.63, 3.8) is 0 Å². The molecule has 0 bridgehead atoms. The molecule has 2 rings (SSSR count). The summed E-state index contributed by atoms with van der Waals surface area (Å²) in [6.45, 7) is 1.93. The van der Waals surface area contributed by atoms with Gasteiger partial charge in [0.25, 0.3) is 0 Å². The minimum absolute atomic E-state index is 0.667. The highest BCUT2D eigenvalue weighted by molar-refractivity contribution is 9.08. The highest BCUT2D eigenvalue weighted by Gasteiger charge is 2.12. The summed E-state index contributed by atoms with van der Waals surface area (Å²) >= 11 is 3.45. The molecule has 0 unspecified atom stereocenters. The number of benzene rings is 1. The van der Waals surface area contributed by atoms with Gasteiger partial charge < -0.3 is 9.94 Å². The topological polar surface area (TPSA) is 36.2 Å². The van der Waals surface area contributed by atoms with Gasteiger partial charge in [-0.25, -0.2) is 0 Å². The van der Waals surface area contributed by atoms with Crippen molar-refractivity contribution in [1.82, 2.24) is 0 Å². The fourth-order valence-corrected chi connectivity index (χ4v) is 2.53. The Morgan fingerprint density at radius 1 is 1.44 bits per heavy atom. The van der Waals surface area contributed by atoms with Gasteiger partial charge in [0, 0.05) is 17.0 Å². The Morgan fingerprint density at radius 3 is 2.81 bits per heavy atom. The van der Waals surface area contributed by atoms with Crippen molar-refractivity contribution in [2.45, 2.75) is 12.3 Å². The molecule has 1 aromatic heterocycles. The smallest absolute Gasteiger partial charge is 0.224 e. The molecule has 0 aliphatic carbocycles. The van der Waals surface area contributed by atoms with Crippen molar-refractivity contribution >= 4 is 26.8 Å². The molecular weight excluding hydrogens is 270 g/mol. The first-order valence-electron chi connectivity index (χ1n) is 4.92. The van der Waals surface area contributed by atoms with Crippen molar-refractivity contribution in [2.75, 3.05) is 7.11 Å². The minimum Gasteiger partial charge on any atom is -0.618 e. The molecular formula is C12H12BrNO2. The molecule has 0 spiro atoms. The fourth-order valence-electron chi connectivity index (χ4n) is 1.79. The number of aromatic nitrogens is 1. The number of hydrogen-bond donors (Lipinski definition) is 0. The first-order valence-corrected chi connectivity index (χ1v) is 6.05. The summed E-state index contributed by atoms with van der Waals surface area (Å²) in [7, 11) is 1.62. The van der Waals surface area contributed by atoms with Gasteiger partial charge in [-0.05, 0) is 24.6 Å². The lowest BCUT2D eigenvalue weighted by Crippen LogP contribution is -2.27. The molecule has 2 aromatic rings. The molecule has 4 heteroatoms. The van der Waals surface area contributed by atoms with Crippen LogP contribution in [0.5, 0.6) is 5.75 Å². The summed E-state index contributed by atoms with van der Waals surface area (Å²) < 4.78 is 6.07. The second-order valence-corrected chi connectivity index (χ2v) is 4.19. The molecule has 16 heavy (non-hydrogen) atoms. The molecule has 1 aromatic carbocycles. The van der Waals surface area contributed by atoms with Crippen LogP contribution in [0.15, 0.2) is 24.4 Å². The maximum atomic E-state index is 11.7. The highest BCUT2D eigenvalue weighted by atomic mass is 79.9. The van der Waals surface area contributed by atoms with E-state index in [0.717, 1.165) is 32.3 Å². The molecule has 3 nitrogen and oxygen atoms in total. The first-order chi connectivity index (χ1) is 7.67. The Bertz CT molecular complexity index is 540. The van der Waals surface area contributed by atoms with E-state index in [1.807, 2.05) is 13.0 Å². The number of nitrogens with zero attached hydrogens (tertiary/aromatic N) is 1. The van der Waals surface area contributed by atoms with Gasteiger partial charge in [0.1, 0.15) is 5.75 Å². The number of ether oxygens (including phenoxy) is 1. The van der Waals surface area contributed by atoms with Crippen LogP contribution in [-0.2, 0) is 5.33 Å². The Hall–Kier alpha value is -1.29. The number of rotatable bonds is 2. The minimum atomic E-state index is 0.667. The van der Waals surface area contributed by atoms with Gasteiger partial charge in [-0.3, -0.25) is 0 Å². The molecule has 0 amide bonds. The quantitative estimate of drug-likeness (QED) is 0.482. The third-order valence-corrected chi connectivity index (χ3v) is 3.25. The van der Waals surface area contributed by atoms with Crippen molar-refractivity contribution in [3.05, 3.63) is 40.7 Å². The van der Waals surface area contributed by atoms with E-state index in [1.165, 1.54) is 0 Å². The molecule has 0 fully saturated rings. The van der Waals surface area contributed by atoms with E-state index in [1.54, 1.807) is 25.4 Å². The lowest BCUT2D eigenvalue weighted by Gasteiger charge is -2.09. The molecule has 0 atom stereocenters. The van der Waals surface area contributed by atoms with Crippen LogP contribution in [0.3, 0.4) is 0 Å². The van der Waals surface area contributed by atoms with Crippen LogP contribution in [0.1, 0.15) is 11.1 Å². The summed E-state index contributed by atoms with van der Waals surface area (Å²) in [5, 5.41) is 13.4. The molecule has 1 heterocycles. The number of aryl methyl sites for hydroxylation is 1. The van der Waals surface area contributed by atoms with Gasteiger partial charge >= 0.3 is 0 Å². The summed E-state index contributed by atoms with van der Waals surface area (Å²) in [4.78, 5) is 0. The van der Waals surface area contributed by atoms with E-state index in [2.05, 4.69) is 15.9 Å². The normalized spacial score (nSPS) is 10.7. The first kappa shape index (κ1) is 11.2. The van der Waals surface area contributed by atoms with E-state index in [9.17, 15) is 5.21 Å². The van der Waals surface area contributed by atoms with Crippen LogP contribution < -0.4 is 9.47 Å². The van der Waals surface area contributed by atoms with Crippen molar-refractivity contribution in [1.29, 1.82) is 0 Å². The third kappa shape index (κ3) is 1.73. The van der Waals surface area contributed by atoms with Gasteiger partial charge in [-0.1, -0.05) is 15.9 Å². The third-order valence-electron chi connectivity index (χ3n) is 2.69. The van der Waals surface area contributed by atoms with Crippen LogP contribution in [0.25, 0.3) is 10.9 Å². The van der Waals surface area contributed by atoms with Crippen LogP contribution >= 0.6 is 15.9 Å². The van der Waals surface area contributed by atoms with Crippen molar-refractivity contribution < 1.29 is 9.47 Å². The highest BCUT2D eigenvalue weighted by Crippen LogP contribution is 2.25. The average Bonchev–Trinajstić information content (AvgIpc) is 2.28. The molecule has 84 valence electrons. The predicted octanol–water partition coefficient (Wildman–Crippen LogP) is 2.69. The number of methoxy groups -OCH3 is 1. The van der Waals surface area contributed by atoms with Crippen LogP contribution in [0.4, 0.5) is 0 Å². The Kier molecular flexibility index (Phi) is 3.01. The second-order valence-electron chi connectivity index (χ2n) is 3.63. The van der Waals surface area contributed by atoms with E-state index in [0.29, 0.717) is 5.52 Å². The van der Waals surface area contributed by atoms with Gasteiger partial charge in [-0.2, -0.15) is 4.73 Å². The largest absolute Gasteiger partial charge is 0.618 e. The zero-order chi connectivity index (χ0) is 11.7. The fraction of sp³-hybridized carbons (Fsp3) is 0.250. The van der Waals surface area contributed by atoms with Gasteiger partial charge in [0.05, 0.1) is 12.5 Å². The summed E-state index contributed by atoms with van der Waals surface area (Å²) in [6.07, 6.45) is 1.60. The lowest BCUT2D eigenvalue weighted by atomic mass is 10.1. The SMILES string of the molecule is COc1ccc2c(c1)c(CBr)c(C)c[n+]2[O-]. The number of hydrogen-bond acceptors (Lipinski definition) is 2. The maximum Gasteiger partial charge on any atom is 0.224 e. The maximum absolute atomic E-state index is 11.7. The zero-order valence-electron chi connectivity index (χ0n) is 9.16. The second kappa shape index (κ2) is 4.29. The summed E-state index contributed by atoms with van der Waals surface area (Å²) in [5.74, 6) is 0.764.